The standard InChI is InChI=1S/C6H12O6.C4H5NS/c7-1-3(9)5(11)6(12)4(10)2-8;1-2-4-6-5-3-1/h1,3-6,8-12H,2H2;1-5H/t3-,4+,5+,6+;/m0./s1. The van der Waals surface area contributed by atoms with E-state index in [1.807, 2.05) is 23.8 Å². The van der Waals surface area contributed by atoms with Gasteiger partial charge >= 0.3 is 0 Å². The second-order valence-corrected chi connectivity index (χ2v) is 4.02. The molecule has 1 aliphatic rings. The summed E-state index contributed by atoms with van der Waals surface area (Å²) in [6.07, 6.45) is -1.00. The zero-order valence-electron chi connectivity index (χ0n) is 9.46. The molecule has 1 rings (SSSR count). The summed E-state index contributed by atoms with van der Waals surface area (Å²) < 4.78 is 2.93. The first-order valence-electron chi connectivity index (χ1n) is 5.05. The van der Waals surface area contributed by atoms with Crippen LogP contribution in [-0.4, -0.2) is 62.8 Å². The highest BCUT2D eigenvalue weighted by molar-refractivity contribution is 8.00. The highest BCUT2D eigenvalue weighted by Crippen LogP contribution is 2.03. The van der Waals surface area contributed by atoms with Crippen LogP contribution in [0.2, 0.25) is 0 Å². The monoisotopic (exact) mass is 279 g/mol. The van der Waals surface area contributed by atoms with E-state index < -0.39 is 31.0 Å². The van der Waals surface area contributed by atoms with Crippen LogP contribution in [0.25, 0.3) is 0 Å². The van der Waals surface area contributed by atoms with Crippen LogP contribution in [0, 0.1) is 0 Å². The second kappa shape index (κ2) is 10.1. The average molecular weight is 279 g/mol. The Hall–Kier alpha value is -0.900. The average Bonchev–Trinajstić information content (AvgIpc) is 2.46. The van der Waals surface area contributed by atoms with Gasteiger partial charge in [0, 0.05) is 6.20 Å². The minimum atomic E-state index is -1.79. The highest BCUT2D eigenvalue weighted by Gasteiger charge is 2.29. The van der Waals surface area contributed by atoms with Crippen molar-refractivity contribution in [2.45, 2.75) is 24.4 Å². The molecule has 0 saturated heterocycles. The van der Waals surface area contributed by atoms with Crippen molar-refractivity contribution in [2.75, 3.05) is 6.61 Å². The van der Waals surface area contributed by atoms with Gasteiger partial charge in [-0.15, -0.1) is 0 Å². The number of carbonyl (C=O) groups excluding carboxylic acids is 1. The van der Waals surface area contributed by atoms with Crippen molar-refractivity contribution in [1.29, 1.82) is 0 Å². The first kappa shape index (κ1) is 17.1. The third-order valence-electron chi connectivity index (χ3n) is 1.91. The lowest BCUT2D eigenvalue weighted by molar-refractivity contribution is -0.136. The molecule has 104 valence electrons. The molecule has 1 heterocycles. The van der Waals surface area contributed by atoms with Crippen LogP contribution in [-0.2, 0) is 4.79 Å². The molecule has 0 bridgehead atoms. The highest BCUT2D eigenvalue weighted by atomic mass is 32.2. The van der Waals surface area contributed by atoms with Gasteiger partial charge in [-0.25, -0.2) is 0 Å². The normalized spacial score (nSPS) is 19.8. The minimum Gasteiger partial charge on any atom is -0.394 e. The maximum absolute atomic E-state index is 9.90. The summed E-state index contributed by atoms with van der Waals surface area (Å²) in [7, 11) is 0. The summed E-state index contributed by atoms with van der Waals surface area (Å²) in [5, 5.41) is 45.5. The van der Waals surface area contributed by atoms with Gasteiger partial charge in [-0.1, -0.05) is 6.08 Å². The Bertz CT molecular complexity index is 274. The summed E-state index contributed by atoms with van der Waals surface area (Å²) in [5.41, 5.74) is 0. The number of hydrogen-bond acceptors (Lipinski definition) is 8. The summed E-state index contributed by atoms with van der Waals surface area (Å²) in [5.74, 6) is 0. The van der Waals surface area contributed by atoms with E-state index in [-0.39, 0.29) is 6.29 Å². The Morgan fingerprint density at radius 1 is 1.17 bits per heavy atom. The number of aliphatic hydroxyl groups is 5. The summed E-state index contributed by atoms with van der Waals surface area (Å²) in [4.78, 5) is 9.90. The molecule has 7 nitrogen and oxygen atoms in total. The zero-order valence-corrected chi connectivity index (χ0v) is 10.3. The van der Waals surface area contributed by atoms with Gasteiger partial charge in [0.05, 0.1) is 6.61 Å². The van der Waals surface area contributed by atoms with Gasteiger partial charge in [0.25, 0.3) is 0 Å². The fraction of sp³-hybridized carbons (Fsp3) is 0.500. The van der Waals surface area contributed by atoms with Crippen LogP contribution in [0.3, 0.4) is 0 Å². The van der Waals surface area contributed by atoms with Crippen LogP contribution in [0.15, 0.2) is 23.8 Å². The molecular weight excluding hydrogens is 262 g/mol. The van der Waals surface area contributed by atoms with E-state index in [2.05, 4.69) is 4.72 Å². The zero-order chi connectivity index (χ0) is 14.0. The smallest absolute Gasteiger partial charge is 0.151 e. The first-order chi connectivity index (χ1) is 8.54. The van der Waals surface area contributed by atoms with Crippen molar-refractivity contribution in [3.05, 3.63) is 23.8 Å². The third kappa shape index (κ3) is 6.74. The molecule has 1 aliphatic heterocycles. The van der Waals surface area contributed by atoms with Gasteiger partial charge in [-0.3, -0.25) is 0 Å². The topological polar surface area (TPSA) is 130 Å². The van der Waals surface area contributed by atoms with Crippen molar-refractivity contribution < 1.29 is 30.3 Å². The van der Waals surface area contributed by atoms with Crippen molar-refractivity contribution >= 4 is 18.2 Å². The number of aliphatic hydroxyl groups excluding tert-OH is 5. The maximum Gasteiger partial charge on any atom is 0.151 e. The lowest BCUT2D eigenvalue weighted by Gasteiger charge is -2.22. The molecule has 0 aliphatic carbocycles. The lowest BCUT2D eigenvalue weighted by Crippen LogP contribution is -2.46. The molecule has 4 atom stereocenters. The van der Waals surface area contributed by atoms with Crippen LogP contribution >= 0.6 is 11.9 Å². The van der Waals surface area contributed by atoms with Crippen LogP contribution < -0.4 is 4.72 Å². The number of allylic oxidation sites excluding steroid dienone is 2. The van der Waals surface area contributed by atoms with E-state index in [0.717, 1.165) is 0 Å². The molecule has 0 radical (unpaired) electrons. The maximum atomic E-state index is 9.90. The van der Waals surface area contributed by atoms with E-state index >= 15 is 0 Å². The van der Waals surface area contributed by atoms with E-state index in [0.29, 0.717) is 0 Å². The molecule has 0 unspecified atom stereocenters. The van der Waals surface area contributed by atoms with Gasteiger partial charge in [-0.05, 0) is 23.4 Å². The quantitative estimate of drug-likeness (QED) is 0.249. The molecule has 0 saturated carbocycles. The largest absolute Gasteiger partial charge is 0.394 e. The Kier molecular flexibility index (Phi) is 9.56. The van der Waals surface area contributed by atoms with Gasteiger partial charge in [-0.2, -0.15) is 0 Å². The predicted octanol–water partition coefficient (Wildman–Crippen LogP) is -2.11. The summed E-state index contributed by atoms with van der Waals surface area (Å²) >= 11 is 1.58. The van der Waals surface area contributed by atoms with E-state index in [9.17, 15) is 4.79 Å². The Morgan fingerprint density at radius 2 is 1.83 bits per heavy atom. The van der Waals surface area contributed by atoms with Crippen LogP contribution in [0.4, 0.5) is 0 Å². The molecule has 0 spiro atoms. The number of aldehydes is 1. The molecular formula is C10H17NO6S. The predicted molar refractivity (Wildman–Crippen MR) is 66.2 cm³/mol. The number of nitrogens with one attached hydrogen (secondary N) is 1. The molecule has 0 fully saturated rings. The van der Waals surface area contributed by atoms with Crippen molar-refractivity contribution in [3.8, 4) is 0 Å². The second-order valence-electron chi connectivity index (χ2n) is 3.28. The molecule has 6 N–H and O–H groups in total. The molecule has 8 heteroatoms. The lowest BCUT2D eigenvalue weighted by atomic mass is 10.0. The number of rotatable bonds is 5. The fourth-order valence-electron chi connectivity index (χ4n) is 0.876. The Balaban J connectivity index is 0.000000397. The first-order valence-corrected chi connectivity index (χ1v) is 5.93. The van der Waals surface area contributed by atoms with Crippen molar-refractivity contribution in [2.24, 2.45) is 0 Å². The number of carbonyl (C=O) groups is 1. The van der Waals surface area contributed by atoms with Gasteiger partial charge in [0.15, 0.2) is 6.29 Å². The molecule has 18 heavy (non-hydrogen) atoms. The van der Waals surface area contributed by atoms with Crippen molar-refractivity contribution in [1.82, 2.24) is 4.72 Å². The van der Waals surface area contributed by atoms with E-state index in [1.165, 1.54) is 0 Å². The van der Waals surface area contributed by atoms with Gasteiger partial charge in [0.1, 0.15) is 24.4 Å². The van der Waals surface area contributed by atoms with Crippen LogP contribution in [0.1, 0.15) is 0 Å². The number of hydrogen-bond donors (Lipinski definition) is 6. The third-order valence-corrected chi connectivity index (χ3v) is 2.48. The molecule has 0 aromatic carbocycles. The summed E-state index contributed by atoms with van der Waals surface area (Å²) in [6.45, 7) is -0.760. The SMILES string of the molecule is C1=CNSC=C1.O=C[C@H](O)[C@@H](O)[C@H](O)[C@H](O)CO. The van der Waals surface area contributed by atoms with E-state index in [1.54, 1.807) is 11.9 Å². The Morgan fingerprint density at radius 3 is 2.11 bits per heavy atom. The summed E-state index contributed by atoms with van der Waals surface area (Å²) in [6, 6.07) is 0. The van der Waals surface area contributed by atoms with E-state index in [4.69, 9.17) is 25.5 Å². The van der Waals surface area contributed by atoms with Crippen LogP contribution in [0.5, 0.6) is 0 Å². The van der Waals surface area contributed by atoms with Crippen molar-refractivity contribution in [3.63, 3.8) is 0 Å². The van der Waals surface area contributed by atoms with Gasteiger partial charge in [0.2, 0.25) is 0 Å². The molecule has 0 aromatic heterocycles. The fourth-order valence-corrected chi connectivity index (χ4v) is 1.28. The van der Waals surface area contributed by atoms with Gasteiger partial charge < -0.3 is 35.0 Å². The molecule has 0 amide bonds. The molecule has 0 aromatic rings. The Labute approximate surface area is 109 Å². The minimum absolute atomic E-state index is 0.0258.